The number of carbonyl (C=O) groups excluding carboxylic acids is 2. The molecule has 0 bridgehead atoms. The van der Waals surface area contributed by atoms with E-state index in [4.69, 9.17) is 14.2 Å². The molecule has 1 aromatic heterocycles. The monoisotopic (exact) mass is 541 g/mol. The van der Waals surface area contributed by atoms with Crippen molar-refractivity contribution in [1.29, 1.82) is 0 Å². The summed E-state index contributed by atoms with van der Waals surface area (Å²) < 4.78 is 16.0. The van der Waals surface area contributed by atoms with Gasteiger partial charge in [-0.3, -0.25) is 9.59 Å². The zero-order valence-electron chi connectivity index (χ0n) is 23.2. The van der Waals surface area contributed by atoms with Crippen LogP contribution in [0.2, 0.25) is 0 Å². The van der Waals surface area contributed by atoms with Crippen LogP contribution in [0, 0.1) is 0 Å². The third kappa shape index (κ3) is 6.22. The number of para-hydroxylation sites is 1. The third-order valence-electron chi connectivity index (χ3n) is 7.36. The zero-order valence-corrected chi connectivity index (χ0v) is 23.2. The fourth-order valence-electron chi connectivity index (χ4n) is 4.93. The molecule has 1 aliphatic rings. The van der Waals surface area contributed by atoms with Gasteiger partial charge in [0.2, 0.25) is 5.91 Å². The van der Waals surface area contributed by atoms with Crippen molar-refractivity contribution >= 4 is 22.7 Å². The summed E-state index contributed by atoms with van der Waals surface area (Å²) >= 11 is 0. The van der Waals surface area contributed by atoms with Crippen molar-refractivity contribution < 1.29 is 23.8 Å². The Kier molecular flexibility index (Phi) is 8.24. The number of ether oxygens (including phenoxy) is 3. The maximum Gasteiger partial charge on any atom is 0.254 e. The van der Waals surface area contributed by atoms with Crippen molar-refractivity contribution in [1.82, 2.24) is 14.8 Å². The SMILES string of the molecule is COc1ccc(CN(CCc2c[nH]c3ccccc23)C(=O)CN(C(=O)c2cc(OC)cc(OC)c2)C2CC2)cc1. The van der Waals surface area contributed by atoms with Crippen LogP contribution in [0.25, 0.3) is 10.9 Å². The Hall–Kier alpha value is -4.46. The molecule has 0 unspecified atom stereocenters. The van der Waals surface area contributed by atoms with Gasteiger partial charge in [0.15, 0.2) is 0 Å². The van der Waals surface area contributed by atoms with Gasteiger partial charge in [0.25, 0.3) is 5.91 Å². The number of methoxy groups -OCH3 is 3. The van der Waals surface area contributed by atoms with Crippen LogP contribution < -0.4 is 14.2 Å². The van der Waals surface area contributed by atoms with E-state index in [-0.39, 0.29) is 24.4 Å². The molecule has 0 atom stereocenters. The number of nitrogens with one attached hydrogen (secondary N) is 1. The van der Waals surface area contributed by atoms with Crippen LogP contribution in [0.4, 0.5) is 0 Å². The molecule has 208 valence electrons. The summed E-state index contributed by atoms with van der Waals surface area (Å²) in [5.41, 5.74) is 3.66. The molecule has 5 rings (SSSR count). The summed E-state index contributed by atoms with van der Waals surface area (Å²) in [5.74, 6) is 1.54. The first-order valence-electron chi connectivity index (χ1n) is 13.5. The van der Waals surface area contributed by atoms with E-state index in [9.17, 15) is 9.59 Å². The van der Waals surface area contributed by atoms with Crippen LogP contribution in [-0.2, 0) is 17.8 Å². The van der Waals surface area contributed by atoms with E-state index < -0.39 is 0 Å². The number of H-pyrrole nitrogens is 1. The Bertz CT molecular complexity index is 1450. The predicted octanol–water partition coefficient (Wildman–Crippen LogP) is 5.07. The second-order valence-corrected chi connectivity index (χ2v) is 10.0. The fraction of sp³-hybridized carbons (Fsp3) is 0.312. The van der Waals surface area contributed by atoms with Gasteiger partial charge >= 0.3 is 0 Å². The van der Waals surface area contributed by atoms with Gasteiger partial charge < -0.3 is 29.0 Å². The van der Waals surface area contributed by atoms with Crippen LogP contribution in [0.1, 0.15) is 34.3 Å². The second kappa shape index (κ2) is 12.2. The lowest BCUT2D eigenvalue weighted by Gasteiger charge is -2.28. The lowest BCUT2D eigenvalue weighted by atomic mass is 10.1. The van der Waals surface area contributed by atoms with E-state index in [1.807, 2.05) is 53.6 Å². The molecule has 3 aromatic carbocycles. The Morgan fingerprint density at radius 3 is 2.20 bits per heavy atom. The van der Waals surface area contributed by atoms with Gasteiger partial charge in [-0.2, -0.15) is 0 Å². The Morgan fingerprint density at radius 1 is 0.875 bits per heavy atom. The van der Waals surface area contributed by atoms with E-state index >= 15 is 0 Å². The molecule has 1 heterocycles. The molecule has 1 N–H and O–H groups in total. The molecular weight excluding hydrogens is 506 g/mol. The second-order valence-electron chi connectivity index (χ2n) is 10.0. The molecule has 1 aliphatic carbocycles. The van der Waals surface area contributed by atoms with Gasteiger partial charge in [0.1, 0.15) is 23.8 Å². The highest BCUT2D eigenvalue weighted by atomic mass is 16.5. The van der Waals surface area contributed by atoms with E-state index in [0.29, 0.717) is 36.6 Å². The van der Waals surface area contributed by atoms with E-state index in [1.54, 1.807) is 44.4 Å². The van der Waals surface area contributed by atoms with Crippen molar-refractivity contribution in [2.75, 3.05) is 34.4 Å². The van der Waals surface area contributed by atoms with Crippen molar-refractivity contribution in [2.45, 2.75) is 31.8 Å². The van der Waals surface area contributed by atoms with Crippen LogP contribution in [0.3, 0.4) is 0 Å². The average molecular weight is 542 g/mol. The van der Waals surface area contributed by atoms with Crippen LogP contribution in [0.15, 0.2) is 72.9 Å². The number of fused-ring (bicyclic) bond motifs is 1. The molecule has 0 aliphatic heterocycles. The zero-order chi connectivity index (χ0) is 28.1. The number of amides is 2. The van der Waals surface area contributed by atoms with E-state index in [2.05, 4.69) is 11.1 Å². The summed E-state index contributed by atoms with van der Waals surface area (Å²) in [6, 6.07) is 21.0. The third-order valence-corrected chi connectivity index (χ3v) is 7.36. The Morgan fingerprint density at radius 2 is 1.55 bits per heavy atom. The number of hydrogen-bond acceptors (Lipinski definition) is 5. The van der Waals surface area contributed by atoms with Gasteiger partial charge in [-0.1, -0.05) is 30.3 Å². The lowest BCUT2D eigenvalue weighted by molar-refractivity contribution is -0.132. The summed E-state index contributed by atoms with van der Waals surface area (Å²) in [6.45, 7) is 0.963. The quantitative estimate of drug-likeness (QED) is 0.271. The van der Waals surface area contributed by atoms with Gasteiger partial charge in [-0.15, -0.1) is 0 Å². The summed E-state index contributed by atoms with van der Waals surface area (Å²) in [6.07, 6.45) is 4.47. The summed E-state index contributed by atoms with van der Waals surface area (Å²) in [5, 5.41) is 1.15. The molecule has 4 aromatic rings. The molecule has 40 heavy (non-hydrogen) atoms. The molecule has 8 heteroatoms. The Labute approximate surface area is 234 Å². The van der Waals surface area contributed by atoms with Crippen molar-refractivity contribution in [3.05, 3.63) is 89.6 Å². The minimum absolute atomic E-state index is 0.00701. The molecule has 0 radical (unpaired) electrons. The van der Waals surface area contributed by atoms with Crippen molar-refractivity contribution in [2.24, 2.45) is 0 Å². The van der Waals surface area contributed by atoms with E-state index in [1.165, 1.54) is 0 Å². The van der Waals surface area contributed by atoms with Gasteiger partial charge in [-0.05, 0) is 60.7 Å². The fourth-order valence-corrected chi connectivity index (χ4v) is 4.93. The maximum atomic E-state index is 13.9. The van der Waals surface area contributed by atoms with E-state index in [0.717, 1.165) is 40.6 Å². The molecule has 2 amide bonds. The van der Waals surface area contributed by atoms with Crippen molar-refractivity contribution in [3.8, 4) is 17.2 Å². The minimum Gasteiger partial charge on any atom is -0.497 e. The molecule has 1 fully saturated rings. The number of aromatic amines is 1. The van der Waals surface area contributed by atoms with Gasteiger partial charge in [-0.25, -0.2) is 0 Å². The first-order chi connectivity index (χ1) is 19.5. The predicted molar refractivity (Wildman–Crippen MR) is 154 cm³/mol. The highest BCUT2D eigenvalue weighted by Crippen LogP contribution is 2.31. The average Bonchev–Trinajstić information content (AvgIpc) is 3.76. The summed E-state index contributed by atoms with van der Waals surface area (Å²) in [7, 11) is 4.74. The number of carbonyl (C=O) groups is 2. The normalized spacial score (nSPS) is 12.7. The van der Waals surface area contributed by atoms with Crippen LogP contribution in [0.5, 0.6) is 17.2 Å². The number of nitrogens with zero attached hydrogens (tertiary/aromatic N) is 2. The number of rotatable bonds is 12. The highest BCUT2D eigenvalue weighted by Gasteiger charge is 2.35. The highest BCUT2D eigenvalue weighted by molar-refractivity contribution is 5.97. The van der Waals surface area contributed by atoms with Gasteiger partial charge in [0.05, 0.1) is 21.3 Å². The molecule has 1 saturated carbocycles. The summed E-state index contributed by atoms with van der Waals surface area (Å²) in [4.78, 5) is 34.4. The first kappa shape index (κ1) is 27.1. The van der Waals surface area contributed by atoms with Crippen LogP contribution in [-0.4, -0.2) is 67.1 Å². The first-order valence-corrected chi connectivity index (χ1v) is 13.5. The number of hydrogen-bond donors (Lipinski definition) is 1. The smallest absolute Gasteiger partial charge is 0.254 e. The maximum absolute atomic E-state index is 13.9. The number of benzene rings is 3. The molecule has 8 nitrogen and oxygen atoms in total. The molecule has 0 spiro atoms. The lowest BCUT2D eigenvalue weighted by Crippen LogP contribution is -2.44. The number of aromatic nitrogens is 1. The Balaban J connectivity index is 1.37. The largest absolute Gasteiger partial charge is 0.497 e. The van der Waals surface area contributed by atoms with Crippen molar-refractivity contribution in [3.63, 3.8) is 0 Å². The standard InChI is InChI=1S/C32H35N3O5/c1-38-26-12-8-22(9-13-26)20-34(15-14-23-19-33-30-7-5-4-6-29(23)30)31(36)21-35(25-10-11-25)32(37)24-16-27(39-2)18-28(17-24)40-3/h4-9,12-13,16-19,25,33H,10-11,14-15,20-21H2,1-3H3. The minimum atomic E-state index is -0.200. The topological polar surface area (TPSA) is 84.1 Å². The molecular formula is C32H35N3O5. The molecule has 0 saturated heterocycles. The van der Waals surface area contributed by atoms with Crippen LogP contribution >= 0.6 is 0 Å². The van der Waals surface area contributed by atoms with Gasteiger partial charge in [0, 0.05) is 47.9 Å².